The lowest BCUT2D eigenvalue weighted by molar-refractivity contribution is -0.112. The number of nitrogens with one attached hydrogen (secondary N) is 1. The van der Waals surface area contributed by atoms with Gasteiger partial charge in [0.25, 0.3) is 5.91 Å². The molecule has 0 unspecified atom stereocenters. The quantitative estimate of drug-likeness (QED) is 0.651. The highest BCUT2D eigenvalue weighted by molar-refractivity contribution is 9.10. The number of rotatable bonds is 3. The molecular weight excluding hydrogens is 347 g/mol. The largest absolute Gasteiger partial charge is 0.321 e. The number of carbonyl (C=O) groups is 1. The first-order chi connectivity index (χ1) is 10.5. The van der Waals surface area contributed by atoms with Crippen LogP contribution in [0.5, 0.6) is 0 Å². The number of hydrogen-bond acceptors (Lipinski definition) is 2. The van der Waals surface area contributed by atoms with Gasteiger partial charge >= 0.3 is 0 Å². The van der Waals surface area contributed by atoms with E-state index in [0.717, 1.165) is 5.56 Å². The number of nitriles is 1. The number of nitrogens with zero attached hydrogens (tertiary/aromatic N) is 1. The van der Waals surface area contributed by atoms with Gasteiger partial charge in [-0.2, -0.15) is 5.26 Å². The SMILES string of the molecule is Cc1ccccc1NC(=O)/C(C#N)=C/c1ccc(F)c(Br)c1. The molecule has 5 heteroatoms. The molecule has 0 heterocycles. The minimum absolute atomic E-state index is 0.0539. The Hall–Kier alpha value is -2.45. The molecule has 0 aliphatic heterocycles. The molecule has 0 bridgehead atoms. The van der Waals surface area contributed by atoms with Crippen LogP contribution in [0, 0.1) is 24.1 Å². The van der Waals surface area contributed by atoms with Gasteiger partial charge in [-0.05, 0) is 58.3 Å². The van der Waals surface area contributed by atoms with Gasteiger partial charge in [-0.25, -0.2) is 4.39 Å². The molecule has 2 aromatic carbocycles. The maximum absolute atomic E-state index is 13.2. The molecule has 0 saturated carbocycles. The maximum atomic E-state index is 13.2. The predicted octanol–water partition coefficient (Wildman–Crippen LogP) is 4.44. The Labute approximate surface area is 136 Å². The molecule has 110 valence electrons. The number of hydrogen-bond donors (Lipinski definition) is 1. The highest BCUT2D eigenvalue weighted by atomic mass is 79.9. The van der Waals surface area contributed by atoms with E-state index in [-0.39, 0.29) is 10.0 Å². The Morgan fingerprint density at radius 3 is 2.68 bits per heavy atom. The fourth-order valence-electron chi connectivity index (χ4n) is 1.82. The number of para-hydroxylation sites is 1. The smallest absolute Gasteiger partial charge is 0.266 e. The molecule has 0 spiro atoms. The van der Waals surface area contributed by atoms with Crippen molar-refractivity contribution in [2.45, 2.75) is 6.92 Å². The third-order valence-corrected chi connectivity index (χ3v) is 3.62. The Morgan fingerprint density at radius 1 is 1.32 bits per heavy atom. The van der Waals surface area contributed by atoms with E-state index in [1.807, 2.05) is 25.1 Å². The van der Waals surface area contributed by atoms with E-state index in [1.165, 1.54) is 24.3 Å². The molecule has 1 amide bonds. The minimum Gasteiger partial charge on any atom is -0.321 e. The summed E-state index contributed by atoms with van der Waals surface area (Å²) in [6.45, 7) is 1.86. The van der Waals surface area contributed by atoms with E-state index in [0.29, 0.717) is 11.3 Å². The Morgan fingerprint density at radius 2 is 2.05 bits per heavy atom. The van der Waals surface area contributed by atoms with Crippen molar-refractivity contribution in [2.75, 3.05) is 5.32 Å². The molecule has 0 fully saturated rings. The van der Waals surface area contributed by atoms with Crippen LogP contribution in [-0.4, -0.2) is 5.91 Å². The number of carbonyl (C=O) groups excluding carboxylic acids is 1. The van der Waals surface area contributed by atoms with Gasteiger partial charge in [0.2, 0.25) is 0 Å². The molecule has 22 heavy (non-hydrogen) atoms. The first-order valence-electron chi connectivity index (χ1n) is 6.45. The number of anilines is 1. The van der Waals surface area contributed by atoms with Crippen molar-refractivity contribution in [3.8, 4) is 6.07 Å². The second-order valence-corrected chi connectivity index (χ2v) is 5.47. The second kappa shape index (κ2) is 7.01. The van der Waals surface area contributed by atoms with Crippen LogP contribution in [0.15, 0.2) is 52.5 Å². The Balaban J connectivity index is 2.26. The topological polar surface area (TPSA) is 52.9 Å². The lowest BCUT2D eigenvalue weighted by Gasteiger charge is -2.07. The van der Waals surface area contributed by atoms with Gasteiger partial charge in [-0.15, -0.1) is 0 Å². The van der Waals surface area contributed by atoms with E-state index in [1.54, 1.807) is 12.1 Å². The molecule has 2 aromatic rings. The van der Waals surface area contributed by atoms with Crippen LogP contribution in [0.3, 0.4) is 0 Å². The highest BCUT2D eigenvalue weighted by Crippen LogP contribution is 2.19. The number of aryl methyl sites for hydroxylation is 1. The Kier molecular flexibility index (Phi) is 5.08. The van der Waals surface area contributed by atoms with Gasteiger partial charge in [0, 0.05) is 5.69 Å². The molecule has 2 rings (SSSR count). The number of amides is 1. The van der Waals surface area contributed by atoms with Crippen molar-refractivity contribution in [1.82, 2.24) is 0 Å². The molecule has 3 nitrogen and oxygen atoms in total. The molecule has 0 saturated heterocycles. The van der Waals surface area contributed by atoms with E-state index in [9.17, 15) is 9.18 Å². The summed E-state index contributed by atoms with van der Waals surface area (Å²) in [5.41, 5.74) is 2.05. The summed E-state index contributed by atoms with van der Waals surface area (Å²) in [4.78, 5) is 12.2. The van der Waals surface area contributed by atoms with Gasteiger partial charge < -0.3 is 5.32 Å². The Bertz CT molecular complexity index is 793. The van der Waals surface area contributed by atoms with Crippen molar-refractivity contribution < 1.29 is 9.18 Å². The summed E-state index contributed by atoms with van der Waals surface area (Å²) in [6.07, 6.45) is 1.41. The lowest BCUT2D eigenvalue weighted by atomic mass is 10.1. The van der Waals surface area contributed by atoms with Crippen LogP contribution in [0.4, 0.5) is 10.1 Å². The van der Waals surface area contributed by atoms with Gasteiger partial charge in [0.15, 0.2) is 0 Å². The highest BCUT2D eigenvalue weighted by Gasteiger charge is 2.11. The minimum atomic E-state index is -0.503. The number of benzene rings is 2. The summed E-state index contributed by atoms with van der Waals surface area (Å²) >= 11 is 3.07. The fraction of sp³-hybridized carbons (Fsp3) is 0.0588. The summed E-state index contributed by atoms with van der Waals surface area (Å²) in [5.74, 6) is -0.905. The zero-order chi connectivity index (χ0) is 16.1. The number of halogens is 2. The van der Waals surface area contributed by atoms with E-state index in [2.05, 4.69) is 21.2 Å². The van der Waals surface area contributed by atoms with Crippen LogP contribution in [0.1, 0.15) is 11.1 Å². The van der Waals surface area contributed by atoms with Gasteiger partial charge in [0.1, 0.15) is 17.5 Å². The van der Waals surface area contributed by atoms with Crippen LogP contribution in [-0.2, 0) is 4.79 Å². The van der Waals surface area contributed by atoms with Crippen molar-refractivity contribution in [3.63, 3.8) is 0 Å². The third kappa shape index (κ3) is 3.80. The summed E-state index contributed by atoms with van der Waals surface area (Å²) in [6, 6.07) is 13.4. The van der Waals surface area contributed by atoms with Crippen molar-refractivity contribution in [2.24, 2.45) is 0 Å². The van der Waals surface area contributed by atoms with Crippen LogP contribution in [0.25, 0.3) is 6.08 Å². The zero-order valence-electron chi connectivity index (χ0n) is 11.7. The summed E-state index contributed by atoms with van der Waals surface area (Å²) in [7, 11) is 0. The summed E-state index contributed by atoms with van der Waals surface area (Å²) < 4.78 is 13.5. The van der Waals surface area contributed by atoms with E-state index < -0.39 is 11.7 Å². The van der Waals surface area contributed by atoms with Crippen molar-refractivity contribution in [3.05, 3.63) is 69.5 Å². The first-order valence-corrected chi connectivity index (χ1v) is 7.24. The average molecular weight is 359 g/mol. The van der Waals surface area contributed by atoms with Crippen LogP contribution < -0.4 is 5.32 Å². The second-order valence-electron chi connectivity index (χ2n) is 4.61. The zero-order valence-corrected chi connectivity index (χ0v) is 13.3. The normalized spacial score (nSPS) is 10.9. The molecule has 0 aromatic heterocycles. The first kappa shape index (κ1) is 15.9. The maximum Gasteiger partial charge on any atom is 0.266 e. The van der Waals surface area contributed by atoms with Crippen LogP contribution in [0.2, 0.25) is 0 Å². The van der Waals surface area contributed by atoms with E-state index >= 15 is 0 Å². The lowest BCUT2D eigenvalue weighted by Crippen LogP contribution is -2.14. The standard InChI is InChI=1S/C17H12BrFN2O/c1-11-4-2-3-5-16(11)21-17(22)13(10-20)8-12-6-7-15(19)14(18)9-12/h2-9H,1H3,(H,21,22)/b13-8+. The molecular formula is C17H12BrFN2O. The molecule has 0 aliphatic carbocycles. The summed E-state index contributed by atoms with van der Waals surface area (Å²) in [5, 5.41) is 11.9. The predicted molar refractivity (Wildman–Crippen MR) is 87.5 cm³/mol. The van der Waals surface area contributed by atoms with Crippen LogP contribution >= 0.6 is 15.9 Å². The van der Waals surface area contributed by atoms with E-state index in [4.69, 9.17) is 5.26 Å². The molecule has 0 aliphatic rings. The third-order valence-electron chi connectivity index (χ3n) is 3.01. The molecule has 0 atom stereocenters. The van der Waals surface area contributed by atoms with Gasteiger partial charge in [0.05, 0.1) is 4.47 Å². The van der Waals surface area contributed by atoms with Gasteiger partial charge in [-0.1, -0.05) is 24.3 Å². The molecule has 1 N–H and O–H groups in total. The fourth-order valence-corrected chi connectivity index (χ4v) is 2.22. The van der Waals surface area contributed by atoms with Crippen molar-refractivity contribution >= 4 is 33.6 Å². The average Bonchev–Trinajstić information content (AvgIpc) is 2.50. The van der Waals surface area contributed by atoms with Crippen molar-refractivity contribution in [1.29, 1.82) is 5.26 Å². The van der Waals surface area contributed by atoms with Gasteiger partial charge in [-0.3, -0.25) is 4.79 Å². The monoisotopic (exact) mass is 358 g/mol. The molecule has 0 radical (unpaired) electrons.